The first-order valence-corrected chi connectivity index (χ1v) is 13.5. The Morgan fingerprint density at radius 2 is 1.75 bits per heavy atom. The van der Waals surface area contributed by atoms with E-state index in [1.165, 1.54) is 38.3 Å². The number of methoxy groups -OCH3 is 1. The predicted molar refractivity (Wildman–Crippen MR) is 115 cm³/mol. The van der Waals surface area contributed by atoms with Crippen LogP contribution in [0.1, 0.15) is 26.2 Å². The number of sulfonamides is 2. The quantitative estimate of drug-likeness (QED) is 0.539. The molecule has 0 bridgehead atoms. The Balaban J connectivity index is 1.88. The highest BCUT2D eigenvalue weighted by Gasteiger charge is 2.47. The van der Waals surface area contributed by atoms with Gasteiger partial charge in [-0.25, -0.2) is 27.2 Å². The van der Waals surface area contributed by atoms with E-state index in [-0.39, 0.29) is 18.0 Å². The topological polar surface area (TPSA) is 132 Å². The van der Waals surface area contributed by atoms with Gasteiger partial charge in [-0.05, 0) is 44.0 Å². The van der Waals surface area contributed by atoms with Crippen molar-refractivity contribution < 1.29 is 35.9 Å². The summed E-state index contributed by atoms with van der Waals surface area (Å²) < 4.78 is 63.8. The van der Waals surface area contributed by atoms with Crippen LogP contribution in [0, 0.1) is 0 Å². The lowest BCUT2D eigenvalue weighted by Gasteiger charge is -2.43. The molecule has 2 fully saturated rings. The molecule has 3 rings (SSSR count). The van der Waals surface area contributed by atoms with E-state index in [4.69, 9.17) is 14.3 Å². The van der Waals surface area contributed by atoms with Crippen molar-refractivity contribution in [3.8, 4) is 5.75 Å². The molecule has 1 amide bonds. The molecule has 2 aliphatic rings. The number of hydrogen-bond donors (Lipinski definition) is 1. The van der Waals surface area contributed by atoms with Crippen molar-refractivity contribution in [2.45, 2.75) is 49.5 Å². The van der Waals surface area contributed by atoms with Crippen LogP contribution in [0.5, 0.6) is 5.75 Å². The number of carbonyl (C=O) groups excluding carboxylic acids is 1. The summed E-state index contributed by atoms with van der Waals surface area (Å²) in [6.45, 7) is 1.73. The number of hydroxylamine groups is 1. The molecule has 0 aliphatic carbocycles. The van der Waals surface area contributed by atoms with Crippen molar-refractivity contribution >= 4 is 26.0 Å². The molecule has 3 atom stereocenters. The van der Waals surface area contributed by atoms with Crippen LogP contribution in [-0.2, 0) is 34.4 Å². The third kappa shape index (κ3) is 5.41. The number of carbonyl (C=O) groups is 1. The van der Waals surface area contributed by atoms with E-state index in [2.05, 4.69) is 5.48 Å². The number of amides is 1. The van der Waals surface area contributed by atoms with E-state index in [1.807, 2.05) is 0 Å². The fourth-order valence-corrected chi connectivity index (χ4v) is 6.67. The summed E-state index contributed by atoms with van der Waals surface area (Å²) in [5.74, 6) is -0.286. The number of hydrogen-bond acceptors (Lipinski definition) is 8. The van der Waals surface area contributed by atoms with E-state index in [0.717, 1.165) is 27.7 Å². The van der Waals surface area contributed by atoms with Crippen molar-refractivity contribution in [3.63, 3.8) is 0 Å². The SMILES string of the molecule is COc1ccc(S(=O)(=O)N2CCN(S(C)(=O)=O)[C@@H](C)[C@@H]2C(=O)NOC2CCCCO2)cc1. The molecule has 1 aromatic carbocycles. The molecule has 13 heteroatoms. The summed E-state index contributed by atoms with van der Waals surface area (Å²) in [6.07, 6.45) is 2.75. The lowest BCUT2D eigenvalue weighted by molar-refractivity contribution is -0.202. The fraction of sp³-hybridized carbons (Fsp3) is 0.632. The van der Waals surface area contributed by atoms with Crippen molar-refractivity contribution in [2.24, 2.45) is 0 Å². The highest BCUT2D eigenvalue weighted by atomic mass is 32.2. The van der Waals surface area contributed by atoms with Crippen LogP contribution in [-0.4, -0.2) is 82.8 Å². The minimum absolute atomic E-state index is 0.0346. The number of ether oxygens (including phenoxy) is 2. The zero-order valence-electron chi connectivity index (χ0n) is 18.3. The summed E-state index contributed by atoms with van der Waals surface area (Å²) in [6, 6.07) is 3.46. The molecular formula is C19H29N3O8S2. The number of piperazine rings is 1. The maximum atomic E-state index is 13.4. The summed E-state index contributed by atoms with van der Waals surface area (Å²) in [5.41, 5.74) is 2.28. The Bertz CT molecular complexity index is 1010. The van der Waals surface area contributed by atoms with E-state index in [9.17, 15) is 21.6 Å². The molecule has 2 saturated heterocycles. The average molecular weight is 492 g/mol. The van der Waals surface area contributed by atoms with Crippen LogP contribution in [0.4, 0.5) is 0 Å². The smallest absolute Gasteiger partial charge is 0.263 e. The van der Waals surface area contributed by atoms with Gasteiger partial charge in [0.1, 0.15) is 11.8 Å². The standard InChI is InChI=1S/C19H29N3O8S2/c1-14-18(19(23)20-30-17-6-4-5-13-29-17)22(12-11-21(14)31(3,24)25)32(26,27)16-9-7-15(28-2)8-10-16/h7-10,14,17-18H,4-6,11-13H2,1-3H3,(H,20,23)/t14-,17?,18+/m0/s1. The Kier molecular flexibility index (Phi) is 7.78. The van der Waals surface area contributed by atoms with Crippen molar-refractivity contribution in [3.05, 3.63) is 24.3 Å². The molecule has 0 radical (unpaired) electrons. The van der Waals surface area contributed by atoms with Crippen molar-refractivity contribution in [1.29, 1.82) is 0 Å². The van der Waals surface area contributed by atoms with Crippen LogP contribution < -0.4 is 10.2 Å². The van der Waals surface area contributed by atoms with Crippen LogP contribution in [0.15, 0.2) is 29.2 Å². The van der Waals surface area contributed by atoms with Crippen molar-refractivity contribution in [2.75, 3.05) is 33.1 Å². The van der Waals surface area contributed by atoms with Gasteiger partial charge in [0.2, 0.25) is 20.0 Å². The third-order valence-electron chi connectivity index (χ3n) is 5.55. The molecule has 0 aromatic heterocycles. The van der Waals surface area contributed by atoms with Crippen molar-refractivity contribution in [1.82, 2.24) is 14.1 Å². The highest BCUT2D eigenvalue weighted by molar-refractivity contribution is 7.89. The largest absolute Gasteiger partial charge is 0.497 e. The average Bonchev–Trinajstić information content (AvgIpc) is 2.77. The van der Waals surface area contributed by atoms with Crippen LogP contribution in [0.3, 0.4) is 0 Å². The van der Waals surface area contributed by atoms with Crippen LogP contribution >= 0.6 is 0 Å². The highest BCUT2D eigenvalue weighted by Crippen LogP contribution is 2.28. The number of nitrogens with zero attached hydrogens (tertiary/aromatic N) is 2. The second-order valence-corrected chi connectivity index (χ2v) is 11.6. The predicted octanol–water partition coefficient (Wildman–Crippen LogP) is 0.293. The van der Waals surface area contributed by atoms with Crippen LogP contribution in [0.2, 0.25) is 0 Å². The molecular weight excluding hydrogens is 462 g/mol. The van der Waals surface area contributed by atoms with E-state index in [0.29, 0.717) is 18.8 Å². The molecule has 1 aromatic rings. The van der Waals surface area contributed by atoms with Gasteiger partial charge in [0.25, 0.3) is 5.91 Å². The van der Waals surface area contributed by atoms with Gasteiger partial charge in [0.15, 0.2) is 6.29 Å². The summed E-state index contributed by atoms with van der Waals surface area (Å²) in [4.78, 5) is 18.4. The summed E-state index contributed by atoms with van der Waals surface area (Å²) in [5, 5.41) is 0. The van der Waals surface area contributed by atoms with Gasteiger partial charge in [-0.1, -0.05) is 0 Å². The maximum absolute atomic E-state index is 13.4. The molecule has 2 aliphatic heterocycles. The van der Waals surface area contributed by atoms with Gasteiger partial charge in [-0.3, -0.25) is 4.79 Å². The molecule has 32 heavy (non-hydrogen) atoms. The molecule has 180 valence electrons. The second kappa shape index (κ2) is 10.0. The van der Waals surface area contributed by atoms with Gasteiger partial charge in [-0.2, -0.15) is 8.61 Å². The Hall–Kier alpha value is -1.77. The summed E-state index contributed by atoms with van der Waals surface area (Å²) >= 11 is 0. The first-order chi connectivity index (χ1) is 15.1. The summed E-state index contributed by atoms with van der Waals surface area (Å²) in [7, 11) is -6.32. The van der Waals surface area contributed by atoms with Crippen LogP contribution in [0.25, 0.3) is 0 Å². The molecule has 1 unspecified atom stereocenters. The fourth-order valence-electron chi connectivity index (χ4n) is 3.90. The minimum Gasteiger partial charge on any atom is -0.497 e. The molecule has 2 heterocycles. The monoisotopic (exact) mass is 491 g/mol. The van der Waals surface area contributed by atoms with E-state index < -0.39 is 44.3 Å². The lowest BCUT2D eigenvalue weighted by Crippen LogP contribution is -2.65. The molecule has 1 N–H and O–H groups in total. The van der Waals surface area contributed by atoms with Gasteiger partial charge in [-0.15, -0.1) is 0 Å². The van der Waals surface area contributed by atoms with E-state index >= 15 is 0 Å². The Labute approximate surface area is 188 Å². The second-order valence-electron chi connectivity index (χ2n) is 7.73. The first kappa shape index (κ1) is 24.9. The zero-order valence-corrected chi connectivity index (χ0v) is 19.9. The molecule has 11 nitrogen and oxygen atoms in total. The van der Waals surface area contributed by atoms with E-state index in [1.54, 1.807) is 0 Å². The molecule has 0 saturated carbocycles. The van der Waals surface area contributed by atoms with Gasteiger partial charge >= 0.3 is 0 Å². The Morgan fingerprint density at radius 3 is 2.31 bits per heavy atom. The normalized spacial score (nSPS) is 25.9. The first-order valence-electron chi connectivity index (χ1n) is 10.3. The van der Waals surface area contributed by atoms with Gasteiger partial charge in [0, 0.05) is 32.2 Å². The minimum atomic E-state index is -4.12. The molecule has 0 spiro atoms. The van der Waals surface area contributed by atoms with Gasteiger partial charge < -0.3 is 9.47 Å². The number of rotatable bonds is 7. The Morgan fingerprint density at radius 1 is 1.09 bits per heavy atom. The lowest BCUT2D eigenvalue weighted by atomic mass is 10.1. The number of benzene rings is 1. The third-order valence-corrected chi connectivity index (χ3v) is 8.81. The zero-order chi connectivity index (χ0) is 23.5. The maximum Gasteiger partial charge on any atom is 0.263 e. The van der Waals surface area contributed by atoms with Gasteiger partial charge in [0.05, 0.1) is 18.3 Å². The number of nitrogens with one attached hydrogen (secondary N) is 1.